The van der Waals surface area contributed by atoms with Crippen LogP contribution in [0.5, 0.6) is 23.4 Å². The third kappa shape index (κ3) is 6.65. The van der Waals surface area contributed by atoms with Crippen LogP contribution in [0, 0.1) is 17.5 Å². The Kier molecular flexibility index (Phi) is 8.77. The maximum atomic E-state index is 16.2. The summed E-state index contributed by atoms with van der Waals surface area (Å²) in [7, 11) is -1.55. The summed E-state index contributed by atoms with van der Waals surface area (Å²) in [4.78, 5) is 24.1. The van der Waals surface area contributed by atoms with Crippen LogP contribution < -0.4 is 24.2 Å². The van der Waals surface area contributed by atoms with Crippen LogP contribution in [0.1, 0.15) is 29.6 Å². The van der Waals surface area contributed by atoms with Crippen LogP contribution in [0.4, 0.5) is 24.5 Å². The largest absolute Gasteiger partial charge is 0.480 e. The molecule has 1 fully saturated rings. The van der Waals surface area contributed by atoms with E-state index in [-0.39, 0.29) is 62.8 Å². The van der Waals surface area contributed by atoms with Crippen molar-refractivity contribution in [3.05, 3.63) is 83.9 Å². The minimum absolute atomic E-state index is 0.0183. The van der Waals surface area contributed by atoms with Crippen LogP contribution in [-0.4, -0.2) is 54.7 Å². The van der Waals surface area contributed by atoms with Crippen molar-refractivity contribution in [2.75, 3.05) is 19.5 Å². The second-order valence-corrected chi connectivity index (χ2v) is 12.4. The van der Waals surface area contributed by atoms with Gasteiger partial charge in [-0.25, -0.2) is 36.1 Å². The molecule has 0 bridgehead atoms. The maximum Gasteiger partial charge on any atom is 0.335 e. The zero-order valence-electron chi connectivity index (χ0n) is 25.3. The van der Waals surface area contributed by atoms with Gasteiger partial charge in [0, 0.05) is 48.4 Å². The van der Waals surface area contributed by atoms with Crippen LogP contribution in [0.15, 0.2) is 65.8 Å². The monoisotopic (exact) mass is 681 g/mol. The molecule has 0 atom stereocenters. The first-order valence-electron chi connectivity index (χ1n) is 14.3. The molecule has 16 heteroatoms. The number of halogens is 3. The summed E-state index contributed by atoms with van der Waals surface area (Å²) in [6, 6.07) is 8.26. The lowest BCUT2D eigenvalue weighted by atomic mass is 9.94. The Morgan fingerprint density at radius 3 is 2.29 bits per heavy atom. The molecule has 6 rings (SSSR count). The highest BCUT2D eigenvalue weighted by Gasteiger charge is 2.29. The third-order valence-electron chi connectivity index (χ3n) is 7.52. The summed E-state index contributed by atoms with van der Waals surface area (Å²) in [5.74, 6) is -4.48. The molecule has 12 nitrogen and oxygen atoms in total. The van der Waals surface area contributed by atoms with Gasteiger partial charge in [-0.1, -0.05) is 6.42 Å². The molecular formula is C32H26F3N5O7S. The minimum Gasteiger partial charge on any atom is -0.480 e. The number of aromatic nitrogens is 3. The van der Waals surface area contributed by atoms with E-state index in [1.807, 2.05) is 0 Å². The number of nitrogens with one attached hydrogen (secondary N) is 2. The lowest BCUT2D eigenvalue weighted by Gasteiger charge is -2.27. The van der Waals surface area contributed by atoms with E-state index in [1.54, 1.807) is 0 Å². The van der Waals surface area contributed by atoms with Crippen molar-refractivity contribution in [1.29, 1.82) is 0 Å². The normalized spacial score (nSPS) is 13.2. The number of nitrogens with zero attached hydrogens (tertiary/aromatic N) is 3. The molecule has 0 aliphatic heterocycles. The van der Waals surface area contributed by atoms with Gasteiger partial charge in [0.1, 0.15) is 33.8 Å². The second kappa shape index (κ2) is 13.0. The van der Waals surface area contributed by atoms with Gasteiger partial charge in [0.05, 0.1) is 41.9 Å². The average Bonchev–Trinajstić information content (AvgIpc) is 3.01. The summed E-state index contributed by atoms with van der Waals surface area (Å²) < 4.78 is 89.7. The Bertz CT molecular complexity index is 2160. The number of carbonyl (C=O) groups is 1. The van der Waals surface area contributed by atoms with Gasteiger partial charge in [-0.2, -0.15) is 4.98 Å². The first-order valence-corrected chi connectivity index (χ1v) is 15.8. The number of pyridine rings is 1. The molecular weight excluding hydrogens is 655 g/mol. The standard InChI is InChI=1S/C32H26F3N5O7S/c1-45-30-24(14-37-32(39-30)46-2)16-8-25(35)28-26(9-16)36-15-27(48(43,44)40-20-4-3-5-20)29(28)38-21-6-17(31(41)42)7-22(13-21)47-23-11-18(33)10-19(34)12-23/h6-15,20,40H,3-5H2,1-2H3,(H,36,38)(H,41,42). The molecule has 1 saturated carbocycles. The number of sulfonamides is 1. The van der Waals surface area contributed by atoms with Gasteiger partial charge in [0.15, 0.2) is 0 Å². The van der Waals surface area contributed by atoms with Crippen LogP contribution in [0.2, 0.25) is 0 Å². The molecule has 0 radical (unpaired) electrons. The molecule has 0 spiro atoms. The summed E-state index contributed by atoms with van der Waals surface area (Å²) in [6.45, 7) is 0. The van der Waals surface area contributed by atoms with Crippen molar-refractivity contribution in [2.24, 2.45) is 0 Å². The van der Waals surface area contributed by atoms with Crippen LogP contribution in [-0.2, 0) is 10.0 Å². The van der Waals surface area contributed by atoms with E-state index in [4.69, 9.17) is 14.2 Å². The molecule has 3 N–H and O–H groups in total. The zero-order chi connectivity index (χ0) is 34.2. The first kappa shape index (κ1) is 32.5. The molecule has 1 aliphatic rings. The van der Waals surface area contributed by atoms with Crippen LogP contribution >= 0.6 is 0 Å². The number of hydrogen-bond acceptors (Lipinski definition) is 10. The number of benzene rings is 3. The van der Waals surface area contributed by atoms with E-state index in [0.29, 0.717) is 24.5 Å². The second-order valence-electron chi connectivity index (χ2n) is 10.8. The van der Waals surface area contributed by atoms with Crippen molar-refractivity contribution in [3.63, 3.8) is 0 Å². The van der Waals surface area contributed by atoms with Gasteiger partial charge < -0.3 is 24.6 Å². The van der Waals surface area contributed by atoms with E-state index in [2.05, 4.69) is 25.0 Å². The number of hydrogen-bond donors (Lipinski definition) is 3. The third-order valence-corrected chi connectivity index (χ3v) is 9.05. The number of carboxylic acids is 1. The molecule has 0 unspecified atom stereocenters. The van der Waals surface area contributed by atoms with E-state index in [1.165, 1.54) is 32.5 Å². The van der Waals surface area contributed by atoms with Crippen molar-refractivity contribution >= 4 is 38.3 Å². The van der Waals surface area contributed by atoms with Crippen molar-refractivity contribution in [1.82, 2.24) is 19.7 Å². The molecule has 2 aromatic heterocycles. The fraction of sp³-hybridized carbons (Fsp3) is 0.188. The highest BCUT2D eigenvalue weighted by molar-refractivity contribution is 7.89. The fourth-order valence-electron chi connectivity index (χ4n) is 5.07. The van der Waals surface area contributed by atoms with Crippen LogP contribution in [0.3, 0.4) is 0 Å². The summed E-state index contributed by atoms with van der Waals surface area (Å²) in [5, 5.41) is 12.4. The van der Waals surface area contributed by atoms with Gasteiger partial charge in [-0.15, -0.1) is 0 Å². The molecule has 3 aromatic carbocycles. The molecule has 2 heterocycles. The number of anilines is 2. The fourth-order valence-corrected chi connectivity index (χ4v) is 6.49. The summed E-state index contributed by atoms with van der Waals surface area (Å²) in [5.41, 5.74) is -0.0385. The predicted octanol–water partition coefficient (Wildman–Crippen LogP) is 6.19. The number of rotatable bonds is 11. The van der Waals surface area contributed by atoms with Gasteiger partial charge in [0.25, 0.3) is 0 Å². The minimum atomic E-state index is -4.28. The van der Waals surface area contributed by atoms with E-state index < -0.39 is 38.3 Å². The maximum absolute atomic E-state index is 16.2. The lowest BCUT2D eigenvalue weighted by Crippen LogP contribution is -2.39. The molecule has 0 amide bonds. The summed E-state index contributed by atoms with van der Waals surface area (Å²) >= 11 is 0. The number of ether oxygens (including phenoxy) is 3. The molecule has 48 heavy (non-hydrogen) atoms. The molecule has 1 aliphatic carbocycles. The highest BCUT2D eigenvalue weighted by Crippen LogP contribution is 2.39. The van der Waals surface area contributed by atoms with E-state index in [0.717, 1.165) is 42.9 Å². The van der Waals surface area contributed by atoms with Gasteiger partial charge >= 0.3 is 12.0 Å². The topological polar surface area (TPSA) is 162 Å². The van der Waals surface area contributed by atoms with E-state index >= 15 is 4.39 Å². The smallest absolute Gasteiger partial charge is 0.335 e. The highest BCUT2D eigenvalue weighted by atomic mass is 32.2. The Balaban J connectivity index is 1.50. The van der Waals surface area contributed by atoms with Crippen molar-refractivity contribution in [3.8, 4) is 34.5 Å². The van der Waals surface area contributed by atoms with Gasteiger partial charge in [0.2, 0.25) is 15.9 Å². The molecule has 0 saturated heterocycles. The number of methoxy groups -OCH3 is 2. The molecule has 248 valence electrons. The Morgan fingerprint density at radius 2 is 1.65 bits per heavy atom. The Labute approximate surface area is 271 Å². The van der Waals surface area contributed by atoms with Crippen molar-refractivity contribution < 1.29 is 45.7 Å². The first-order chi connectivity index (χ1) is 22.9. The average molecular weight is 682 g/mol. The van der Waals surface area contributed by atoms with Gasteiger partial charge in [-0.3, -0.25) is 4.98 Å². The Morgan fingerprint density at radius 1 is 0.917 bits per heavy atom. The SMILES string of the molecule is COc1ncc(-c2cc(F)c3c(Nc4cc(Oc5cc(F)cc(F)c5)cc(C(=O)O)c4)c(S(=O)(=O)NC4CCC4)cnc3c2)c(OC)n1. The number of fused-ring (bicyclic) bond motifs is 1. The predicted molar refractivity (Wildman–Crippen MR) is 167 cm³/mol. The lowest BCUT2D eigenvalue weighted by molar-refractivity contribution is 0.0696. The molecule has 5 aromatic rings. The number of carboxylic acid groups (broad SMARTS) is 1. The van der Waals surface area contributed by atoms with Crippen LogP contribution in [0.25, 0.3) is 22.0 Å². The Hall–Kier alpha value is -5.48. The van der Waals surface area contributed by atoms with Gasteiger partial charge in [-0.05, 0) is 42.7 Å². The quantitative estimate of drug-likeness (QED) is 0.146. The summed E-state index contributed by atoms with van der Waals surface area (Å²) in [6.07, 6.45) is 4.51. The number of aromatic carboxylic acids is 1. The van der Waals surface area contributed by atoms with Crippen molar-refractivity contribution in [2.45, 2.75) is 30.2 Å². The van der Waals surface area contributed by atoms with E-state index in [9.17, 15) is 27.1 Å². The zero-order valence-corrected chi connectivity index (χ0v) is 26.1.